The van der Waals surface area contributed by atoms with E-state index < -0.39 is 0 Å². The molecule has 0 unspecified atom stereocenters. The summed E-state index contributed by atoms with van der Waals surface area (Å²) in [4.78, 5) is 17.3. The van der Waals surface area contributed by atoms with Gasteiger partial charge in [0.1, 0.15) is 5.82 Å². The fraction of sp³-hybridized carbons (Fsp3) is 0.667. The third kappa shape index (κ3) is 2.31. The van der Waals surface area contributed by atoms with Crippen LogP contribution in [0.15, 0.2) is 0 Å². The fourth-order valence-corrected chi connectivity index (χ4v) is 1.16. The van der Waals surface area contributed by atoms with Gasteiger partial charge in [-0.3, -0.25) is 9.89 Å². The summed E-state index contributed by atoms with van der Waals surface area (Å²) in [7, 11) is 1.76. The molecule has 0 aliphatic rings. The molecule has 5 nitrogen and oxygen atoms in total. The number of aryl methyl sites for hydroxylation is 1. The average molecular weight is 196 g/mol. The Labute approximate surface area is 83.5 Å². The van der Waals surface area contributed by atoms with Crippen LogP contribution in [-0.4, -0.2) is 39.6 Å². The predicted octanol–water partition coefficient (Wildman–Crippen LogP) is 0.849. The Bertz CT molecular complexity index is 308. The molecule has 1 aromatic heterocycles. The third-order valence-corrected chi connectivity index (χ3v) is 1.96. The number of aromatic amines is 1. The number of hydrogen-bond acceptors (Lipinski definition) is 3. The van der Waals surface area contributed by atoms with Crippen LogP contribution in [0, 0.1) is 0 Å². The van der Waals surface area contributed by atoms with Crippen LogP contribution in [0.1, 0.15) is 36.7 Å². The Morgan fingerprint density at radius 3 is 2.71 bits per heavy atom. The number of nitrogens with one attached hydrogen (secondary N) is 1. The fourth-order valence-electron chi connectivity index (χ4n) is 1.16. The molecule has 1 N–H and O–H groups in total. The number of nitrogens with zero attached hydrogens (tertiary/aromatic N) is 3. The summed E-state index contributed by atoms with van der Waals surface area (Å²) in [5.74, 6) is 0.888. The van der Waals surface area contributed by atoms with E-state index in [1.165, 1.54) is 0 Å². The second-order valence-electron chi connectivity index (χ2n) is 3.19. The smallest absolute Gasteiger partial charge is 0.293 e. The Balaban J connectivity index is 2.68. The molecule has 14 heavy (non-hydrogen) atoms. The minimum absolute atomic E-state index is 0.122. The molecule has 1 rings (SSSR count). The van der Waals surface area contributed by atoms with Crippen molar-refractivity contribution in [2.24, 2.45) is 0 Å². The molecule has 0 aromatic carbocycles. The van der Waals surface area contributed by atoms with Gasteiger partial charge in [-0.25, -0.2) is 4.98 Å². The van der Waals surface area contributed by atoms with Crippen LogP contribution < -0.4 is 0 Å². The number of rotatable bonds is 4. The largest absolute Gasteiger partial charge is 0.339 e. The van der Waals surface area contributed by atoms with Gasteiger partial charge in [-0.15, -0.1) is 5.10 Å². The lowest BCUT2D eigenvalue weighted by molar-refractivity contribution is 0.0783. The third-order valence-electron chi connectivity index (χ3n) is 1.96. The summed E-state index contributed by atoms with van der Waals surface area (Å²) in [6, 6.07) is 0. The van der Waals surface area contributed by atoms with Gasteiger partial charge >= 0.3 is 0 Å². The van der Waals surface area contributed by atoms with Crippen LogP contribution >= 0.6 is 0 Å². The molecular weight excluding hydrogens is 180 g/mol. The molecule has 1 amide bonds. The van der Waals surface area contributed by atoms with E-state index in [1.807, 2.05) is 13.8 Å². The quantitative estimate of drug-likeness (QED) is 0.776. The first-order valence-corrected chi connectivity index (χ1v) is 4.85. The van der Waals surface area contributed by atoms with Crippen molar-refractivity contribution in [2.45, 2.75) is 26.7 Å². The molecule has 0 saturated carbocycles. The van der Waals surface area contributed by atoms with Crippen molar-refractivity contribution < 1.29 is 4.79 Å². The number of aromatic nitrogens is 3. The van der Waals surface area contributed by atoms with E-state index >= 15 is 0 Å². The van der Waals surface area contributed by atoms with Gasteiger partial charge in [0.05, 0.1) is 0 Å². The lowest BCUT2D eigenvalue weighted by atomic mass is 10.4. The Hall–Kier alpha value is -1.39. The first-order valence-electron chi connectivity index (χ1n) is 4.85. The maximum absolute atomic E-state index is 11.6. The SMILES string of the molecule is CCCN(C)C(=O)c1n[nH]c(CC)n1. The minimum Gasteiger partial charge on any atom is -0.339 e. The Kier molecular flexibility index (Phi) is 3.62. The van der Waals surface area contributed by atoms with Crippen molar-refractivity contribution in [3.8, 4) is 0 Å². The number of hydrogen-bond donors (Lipinski definition) is 1. The van der Waals surface area contributed by atoms with Crippen LogP contribution in [0.25, 0.3) is 0 Å². The normalized spacial score (nSPS) is 10.2. The van der Waals surface area contributed by atoms with Gasteiger partial charge in [0.15, 0.2) is 0 Å². The molecule has 0 aliphatic carbocycles. The standard InChI is InChI=1S/C9H16N4O/c1-4-6-13(3)9(14)8-10-7(5-2)11-12-8/h4-6H2,1-3H3,(H,10,11,12). The summed E-state index contributed by atoms with van der Waals surface area (Å²) in [5.41, 5.74) is 0. The van der Waals surface area contributed by atoms with Crippen LogP contribution in [0.2, 0.25) is 0 Å². The highest BCUT2D eigenvalue weighted by Gasteiger charge is 2.15. The van der Waals surface area contributed by atoms with Gasteiger partial charge in [0, 0.05) is 20.0 Å². The predicted molar refractivity (Wildman–Crippen MR) is 53.0 cm³/mol. The molecule has 0 aliphatic heterocycles. The number of carbonyl (C=O) groups is 1. The van der Waals surface area contributed by atoms with Gasteiger partial charge in [0.25, 0.3) is 5.91 Å². The zero-order valence-corrected chi connectivity index (χ0v) is 8.87. The second-order valence-corrected chi connectivity index (χ2v) is 3.19. The van der Waals surface area contributed by atoms with E-state index in [0.29, 0.717) is 0 Å². The highest BCUT2D eigenvalue weighted by atomic mass is 16.2. The van der Waals surface area contributed by atoms with Crippen LogP contribution in [-0.2, 0) is 6.42 Å². The van der Waals surface area contributed by atoms with Gasteiger partial charge < -0.3 is 4.90 Å². The van der Waals surface area contributed by atoms with Gasteiger partial charge in [-0.2, -0.15) is 0 Å². The number of amides is 1. The Morgan fingerprint density at radius 2 is 2.21 bits per heavy atom. The monoisotopic (exact) mass is 196 g/mol. The molecule has 1 heterocycles. The molecule has 0 radical (unpaired) electrons. The van der Waals surface area contributed by atoms with Crippen LogP contribution in [0.5, 0.6) is 0 Å². The average Bonchev–Trinajstić information content (AvgIpc) is 2.65. The molecule has 0 fully saturated rings. The second kappa shape index (κ2) is 4.74. The number of H-pyrrole nitrogens is 1. The van der Waals surface area contributed by atoms with E-state index in [2.05, 4.69) is 15.2 Å². The van der Waals surface area contributed by atoms with Crippen molar-refractivity contribution in [3.63, 3.8) is 0 Å². The molecule has 0 saturated heterocycles. The van der Waals surface area contributed by atoms with Crippen molar-refractivity contribution in [3.05, 3.63) is 11.6 Å². The summed E-state index contributed by atoms with van der Waals surface area (Å²) < 4.78 is 0. The summed E-state index contributed by atoms with van der Waals surface area (Å²) in [6.45, 7) is 4.72. The highest BCUT2D eigenvalue weighted by molar-refractivity contribution is 5.90. The lowest BCUT2D eigenvalue weighted by Crippen LogP contribution is -2.28. The zero-order chi connectivity index (χ0) is 10.6. The summed E-state index contributed by atoms with van der Waals surface area (Å²) in [5, 5.41) is 6.59. The first kappa shape index (κ1) is 10.7. The van der Waals surface area contributed by atoms with Crippen molar-refractivity contribution in [1.29, 1.82) is 0 Å². The van der Waals surface area contributed by atoms with E-state index in [1.54, 1.807) is 11.9 Å². The Morgan fingerprint density at radius 1 is 1.50 bits per heavy atom. The molecule has 0 bridgehead atoms. The van der Waals surface area contributed by atoms with E-state index in [4.69, 9.17) is 0 Å². The number of carbonyl (C=O) groups excluding carboxylic acids is 1. The molecule has 78 valence electrons. The van der Waals surface area contributed by atoms with Crippen LogP contribution in [0.4, 0.5) is 0 Å². The van der Waals surface area contributed by atoms with Gasteiger partial charge in [-0.1, -0.05) is 13.8 Å². The molecular formula is C9H16N4O. The van der Waals surface area contributed by atoms with Crippen molar-refractivity contribution in [2.75, 3.05) is 13.6 Å². The van der Waals surface area contributed by atoms with E-state index in [-0.39, 0.29) is 11.7 Å². The van der Waals surface area contributed by atoms with Gasteiger partial charge in [0.2, 0.25) is 5.82 Å². The topological polar surface area (TPSA) is 61.9 Å². The lowest BCUT2D eigenvalue weighted by Gasteiger charge is -2.12. The zero-order valence-electron chi connectivity index (χ0n) is 8.87. The van der Waals surface area contributed by atoms with Crippen molar-refractivity contribution in [1.82, 2.24) is 20.1 Å². The minimum atomic E-state index is -0.122. The maximum atomic E-state index is 11.6. The highest BCUT2D eigenvalue weighted by Crippen LogP contribution is 1.98. The molecule has 5 heteroatoms. The first-order chi connectivity index (χ1) is 6.69. The summed E-state index contributed by atoms with van der Waals surface area (Å²) >= 11 is 0. The van der Waals surface area contributed by atoms with Gasteiger partial charge in [-0.05, 0) is 6.42 Å². The summed E-state index contributed by atoms with van der Waals surface area (Å²) in [6.07, 6.45) is 1.70. The van der Waals surface area contributed by atoms with Crippen molar-refractivity contribution >= 4 is 5.91 Å². The maximum Gasteiger partial charge on any atom is 0.293 e. The molecule has 1 aromatic rings. The molecule has 0 atom stereocenters. The van der Waals surface area contributed by atoms with E-state index in [9.17, 15) is 4.79 Å². The van der Waals surface area contributed by atoms with Crippen LogP contribution in [0.3, 0.4) is 0 Å². The molecule has 0 spiro atoms. The van der Waals surface area contributed by atoms with E-state index in [0.717, 1.165) is 25.2 Å².